The molecule has 0 bridgehead atoms. The Balaban J connectivity index is 2.96. The summed E-state index contributed by atoms with van der Waals surface area (Å²) in [5.41, 5.74) is -0.479. The normalized spacial score (nSPS) is 10.2. The van der Waals surface area contributed by atoms with Gasteiger partial charge in [0.2, 0.25) is 5.43 Å². The van der Waals surface area contributed by atoms with Gasteiger partial charge in [-0.1, -0.05) is 11.6 Å². The van der Waals surface area contributed by atoms with E-state index in [1.165, 1.54) is 6.20 Å². The highest BCUT2D eigenvalue weighted by molar-refractivity contribution is 6.29. The first-order valence-corrected chi connectivity index (χ1v) is 4.29. The van der Waals surface area contributed by atoms with Crippen molar-refractivity contribution in [3.05, 3.63) is 39.0 Å². The molecule has 2 aromatic heterocycles. The number of nitriles is 1. The Hall–Kier alpha value is -1.93. The van der Waals surface area contributed by atoms with Gasteiger partial charge in [0.15, 0.2) is 11.0 Å². The van der Waals surface area contributed by atoms with Gasteiger partial charge < -0.3 is 4.98 Å². The Bertz CT molecular complexity index is 644. The number of hydrogen-bond acceptors (Lipinski definition) is 3. The van der Waals surface area contributed by atoms with Gasteiger partial charge in [0.05, 0.1) is 5.52 Å². The molecule has 0 unspecified atom stereocenters. The van der Waals surface area contributed by atoms with Crippen molar-refractivity contribution in [3.63, 3.8) is 0 Å². The van der Waals surface area contributed by atoms with E-state index in [1.54, 1.807) is 6.07 Å². The average Bonchev–Trinajstić information content (AvgIpc) is 2.22. The Morgan fingerprint density at radius 2 is 2.33 bits per heavy atom. The summed E-state index contributed by atoms with van der Waals surface area (Å²) in [6.45, 7) is 0. The molecule has 2 rings (SSSR count). The Morgan fingerprint density at radius 1 is 1.60 bits per heavy atom. The van der Waals surface area contributed by atoms with Crippen LogP contribution in [0.5, 0.6) is 0 Å². The third kappa shape index (κ3) is 1.45. The molecule has 0 saturated carbocycles. The van der Waals surface area contributed by atoms with Crippen LogP contribution in [0.3, 0.4) is 0 Å². The molecule has 0 fully saturated rings. The maximum absolute atomic E-state index is 13.0. The van der Waals surface area contributed by atoms with Crippen LogP contribution in [-0.4, -0.2) is 9.97 Å². The van der Waals surface area contributed by atoms with Crippen LogP contribution >= 0.6 is 11.6 Å². The molecule has 0 amide bonds. The third-order valence-electron chi connectivity index (χ3n) is 1.89. The van der Waals surface area contributed by atoms with Gasteiger partial charge in [-0.3, -0.25) is 4.79 Å². The zero-order valence-electron chi connectivity index (χ0n) is 7.21. The largest absolute Gasteiger partial charge is 0.358 e. The Morgan fingerprint density at radius 3 is 3.00 bits per heavy atom. The van der Waals surface area contributed by atoms with Gasteiger partial charge in [0, 0.05) is 12.3 Å². The highest BCUT2D eigenvalue weighted by Crippen LogP contribution is 2.15. The lowest BCUT2D eigenvalue weighted by Gasteiger charge is -1.98. The highest BCUT2D eigenvalue weighted by Gasteiger charge is 2.09. The highest BCUT2D eigenvalue weighted by atomic mass is 35.5. The van der Waals surface area contributed by atoms with Crippen LogP contribution < -0.4 is 5.43 Å². The number of rotatable bonds is 0. The van der Waals surface area contributed by atoms with Crippen molar-refractivity contribution in [2.75, 3.05) is 0 Å². The average molecular weight is 224 g/mol. The molecule has 0 aromatic carbocycles. The first-order valence-electron chi connectivity index (χ1n) is 3.91. The summed E-state index contributed by atoms with van der Waals surface area (Å²) in [5.74, 6) is -0.718. The SMILES string of the molecule is N#Cc1c[nH]c2cc(F)c(Cl)nc2c1=O. The first kappa shape index (κ1) is 9.62. The van der Waals surface area contributed by atoms with Crippen molar-refractivity contribution < 1.29 is 4.39 Å². The van der Waals surface area contributed by atoms with Gasteiger partial charge in [0.1, 0.15) is 17.1 Å². The van der Waals surface area contributed by atoms with E-state index in [0.717, 1.165) is 6.07 Å². The Kier molecular flexibility index (Phi) is 2.14. The number of H-pyrrole nitrogens is 1. The van der Waals surface area contributed by atoms with Crippen molar-refractivity contribution in [1.29, 1.82) is 5.26 Å². The van der Waals surface area contributed by atoms with E-state index in [9.17, 15) is 9.18 Å². The number of aromatic amines is 1. The van der Waals surface area contributed by atoms with E-state index in [1.807, 2.05) is 0 Å². The van der Waals surface area contributed by atoms with Gasteiger partial charge in [-0.15, -0.1) is 0 Å². The summed E-state index contributed by atoms with van der Waals surface area (Å²) in [7, 11) is 0. The van der Waals surface area contributed by atoms with E-state index >= 15 is 0 Å². The molecule has 0 spiro atoms. The molecule has 0 aliphatic rings. The second kappa shape index (κ2) is 3.33. The predicted octanol–water partition coefficient (Wildman–Crippen LogP) is 1.59. The van der Waals surface area contributed by atoms with Crippen LogP contribution in [0.4, 0.5) is 4.39 Å². The lowest BCUT2D eigenvalue weighted by molar-refractivity contribution is 0.624. The summed E-state index contributed by atoms with van der Waals surface area (Å²) in [6.07, 6.45) is 1.21. The van der Waals surface area contributed by atoms with Gasteiger partial charge in [-0.2, -0.15) is 5.26 Å². The van der Waals surface area contributed by atoms with Crippen LogP contribution in [0.1, 0.15) is 5.56 Å². The summed E-state index contributed by atoms with van der Waals surface area (Å²) in [6, 6.07) is 2.76. The van der Waals surface area contributed by atoms with Crippen molar-refractivity contribution in [2.45, 2.75) is 0 Å². The molecule has 0 aliphatic carbocycles. The molecule has 0 aliphatic heterocycles. The second-order valence-corrected chi connectivity index (χ2v) is 3.16. The van der Waals surface area contributed by atoms with Crippen molar-refractivity contribution in [2.24, 2.45) is 0 Å². The summed E-state index contributed by atoms with van der Waals surface area (Å²) < 4.78 is 13.0. The number of aromatic nitrogens is 2. The number of halogens is 2. The van der Waals surface area contributed by atoms with Crippen molar-refractivity contribution in [1.82, 2.24) is 9.97 Å². The summed E-state index contributed by atoms with van der Waals surface area (Å²) in [5, 5.41) is 8.21. The lowest BCUT2D eigenvalue weighted by Crippen LogP contribution is -2.09. The molecular weight excluding hydrogens is 221 g/mol. The maximum atomic E-state index is 13.0. The second-order valence-electron chi connectivity index (χ2n) is 2.80. The van der Waals surface area contributed by atoms with Gasteiger partial charge in [-0.25, -0.2) is 9.37 Å². The molecular formula is C9H3ClFN3O. The van der Waals surface area contributed by atoms with Gasteiger partial charge >= 0.3 is 0 Å². The third-order valence-corrected chi connectivity index (χ3v) is 2.15. The van der Waals surface area contributed by atoms with E-state index < -0.39 is 11.2 Å². The van der Waals surface area contributed by atoms with Crippen LogP contribution in [-0.2, 0) is 0 Å². The molecule has 15 heavy (non-hydrogen) atoms. The van der Waals surface area contributed by atoms with Gasteiger partial charge in [0.25, 0.3) is 0 Å². The van der Waals surface area contributed by atoms with E-state index in [0.29, 0.717) is 0 Å². The molecule has 74 valence electrons. The molecule has 0 saturated heterocycles. The standard InChI is InChI=1S/C9H3ClFN3O/c10-9-5(11)1-6-7(14-9)8(15)4(2-12)3-13-6/h1,3H,(H,13,15). The van der Waals surface area contributed by atoms with E-state index in [2.05, 4.69) is 9.97 Å². The number of nitrogens with one attached hydrogen (secondary N) is 1. The van der Waals surface area contributed by atoms with E-state index in [4.69, 9.17) is 16.9 Å². The predicted molar refractivity (Wildman–Crippen MR) is 52.0 cm³/mol. The zero-order valence-corrected chi connectivity index (χ0v) is 7.97. The van der Waals surface area contributed by atoms with Crippen molar-refractivity contribution in [3.8, 4) is 6.07 Å². The molecule has 1 N–H and O–H groups in total. The van der Waals surface area contributed by atoms with Crippen molar-refractivity contribution >= 4 is 22.6 Å². The van der Waals surface area contributed by atoms with E-state index in [-0.39, 0.29) is 21.7 Å². The van der Waals surface area contributed by atoms with Crippen LogP contribution in [0.15, 0.2) is 17.1 Å². The summed E-state index contributed by atoms with van der Waals surface area (Å²) >= 11 is 5.43. The number of hydrogen-bond donors (Lipinski definition) is 1. The minimum absolute atomic E-state index is 0.0412. The molecule has 2 heterocycles. The minimum Gasteiger partial charge on any atom is -0.358 e. The maximum Gasteiger partial charge on any atom is 0.225 e. The smallest absolute Gasteiger partial charge is 0.225 e. The lowest BCUT2D eigenvalue weighted by atomic mass is 10.2. The van der Waals surface area contributed by atoms with Crippen LogP contribution in [0.25, 0.3) is 11.0 Å². The molecule has 2 aromatic rings. The minimum atomic E-state index is -0.718. The van der Waals surface area contributed by atoms with Crippen LogP contribution in [0.2, 0.25) is 5.15 Å². The molecule has 4 nitrogen and oxygen atoms in total. The monoisotopic (exact) mass is 223 g/mol. The molecule has 0 radical (unpaired) electrons. The Labute approximate surface area is 87.9 Å². The van der Waals surface area contributed by atoms with Crippen LogP contribution in [0, 0.1) is 17.1 Å². The quantitative estimate of drug-likeness (QED) is 0.690. The number of pyridine rings is 2. The fraction of sp³-hybridized carbons (Fsp3) is 0. The fourth-order valence-corrected chi connectivity index (χ4v) is 1.31. The molecule has 0 atom stereocenters. The molecule has 6 heteroatoms. The van der Waals surface area contributed by atoms with Gasteiger partial charge in [-0.05, 0) is 0 Å². The number of fused-ring (bicyclic) bond motifs is 1. The zero-order chi connectivity index (χ0) is 11.0. The fourth-order valence-electron chi connectivity index (χ4n) is 1.18. The first-order chi connectivity index (χ1) is 7.13. The topological polar surface area (TPSA) is 69.5 Å². The number of nitrogens with zero attached hydrogens (tertiary/aromatic N) is 2. The summed E-state index contributed by atoms with van der Waals surface area (Å²) in [4.78, 5) is 17.7.